The predicted molar refractivity (Wildman–Crippen MR) is 60.5 cm³/mol. The molecular weight excluding hydrogens is 265 g/mol. The van der Waals surface area contributed by atoms with Crippen LogP contribution in [0.5, 0.6) is 11.5 Å². The van der Waals surface area contributed by atoms with E-state index >= 15 is 0 Å². The van der Waals surface area contributed by atoms with E-state index in [-0.39, 0.29) is 22.9 Å². The maximum Gasteiger partial charge on any atom is 0.471 e. The summed E-state index contributed by atoms with van der Waals surface area (Å²) in [6.07, 6.45) is -5.05. The van der Waals surface area contributed by atoms with Crippen LogP contribution < -0.4 is 14.8 Å². The van der Waals surface area contributed by atoms with E-state index in [0.717, 1.165) is 6.07 Å². The summed E-state index contributed by atoms with van der Waals surface area (Å²) in [6, 6.07) is 2.44. The van der Waals surface area contributed by atoms with Crippen molar-refractivity contribution in [3.05, 3.63) is 23.5 Å². The van der Waals surface area contributed by atoms with Crippen LogP contribution in [0.15, 0.2) is 12.1 Å². The third kappa shape index (κ3) is 3.28. The molecule has 19 heavy (non-hydrogen) atoms. The minimum Gasteiger partial charge on any atom is -0.508 e. The van der Waals surface area contributed by atoms with Crippen molar-refractivity contribution in [3.8, 4) is 11.5 Å². The second-order valence-corrected chi connectivity index (χ2v) is 3.29. The van der Waals surface area contributed by atoms with Gasteiger partial charge in [-0.3, -0.25) is 4.79 Å². The van der Waals surface area contributed by atoms with Crippen molar-refractivity contribution in [2.75, 3.05) is 19.5 Å². The van der Waals surface area contributed by atoms with E-state index in [1.807, 2.05) is 0 Å². The molecule has 0 bridgehead atoms. The zero-order chi connectivity index (χ0) is 14.6. The van der Waals surface area contributed by atoms with Crippen LogP contribution in [0, 0.1) is 6.57 Å². The summed E-state index contributed by atoms with van der Waals surface area (Å²) in [4.78, 5) is 13.9. The molecule has 1 aromatic carbocycles. The van der Waals surface area contributed by atoms with Crippen LogP contribution in [-0.4, -0.2) is 26.3 Å². The van der Waals surface area contributed by atoms with Crippen molar-refractivity contribution in [2.45, 2.75) is 6.18 Å². The van der Waals surface area contributed by atoms with Gasteiger partial charge in [-0.05, 0) is 6.07 Å². The third-order valence-corrected chi connectivity index (χ3v) is 2.12. The number of nitrogens with zero attached hydrogens (tertiary/aromatic N) is 1. The van der Waals surface area contributed by atoms with Crippen molar-refractivity contribution >= 4 is 17.3 Å². The zero-order valence-corrected chi connectivity index (χ0v) is 9.96. The first-order valence-electron chi connectivity index (χ1n) is 4.85. The van der Waals surface area contributed by atoms with Crippen LogP contribution in [0.3, 0.4) is 0 Å². The molecule has 0 fully saturated rings. The fourth-order valence-electron chi connectivity index (χ4n) is 1.26. The van der Waals surface area contributed by atoms with Crippen LogP contribution in [0.25, 0.3) is 4.85 Å². The van der Waals surface area contributed by atoms with Gasteiger partial charge in [0, 0.05) is 6.07 Å². The standard InChI is InChI=1S/C11H9F3N2O3/c1-15-9-7(16-10(17)11(12,13)14)4-6(18-2)5-8(9)19-3/h4-5H,2-3H3,(H,16,17). The number of amides is 1. The fourth-order valence-corrected chi connectivity index (χ4v) is 1.26. The Morgan fingerprint density at radius 2 is 1.95 bits per heavy atom. The van der Waals surface area contributed by atoms with E-state index in [1.54, 1.807) is 5.32 Å². The van der Waals surface area contributed by atoms with Crippen molar-refractivity contribution in [1.29, 1.82) is 0 Å². The molecule has 1 amide bonds. The lowest BCUT2D eigenvalue weighted by Gasteiger charge is -2.13. The normalized spacial score (nSPS) is 10.5. The second-order valence-electron chi connectivity index (χ2n) is 3.29. The fraction of sp³-hybridized carbons (Fsp3) is 0.273. The molecule has 102 valence electrons. The lowest BCUT2D eigenvalue weighted by molar-refractivity contribution is -0.167. The van der Waals surface area contributed by atoms with E-state index in [9.17, 15) is 18.0 Å². The van der Waals surface area contributed by atoms with Gasteiger partial charge in [0.1, 0.15) is 11.5 Å². The van der Waals surface area contributed by atoms with Gasteiger partial charge in [0.15, 0.2) is 0 Å². The average molecular weight is 274 g/mol. The minimum absolute atomic E-state index is 0.00632. The Hall–Kier alpha value is -2.43. The molecule has 0 spiro atoms. The number of ether oxygens (including phenoxy) is 2. The SMILES string of the molecule is [C-]#[N+]c1c(NC(=O)C(F)(F)F)cc(OC)cc1OC. The molecule has 0 atom stereocenters. The monoisotopic (exact) mass is 274 g/mol. The first kappa shape index (κ1) is 14.6. The Labute approximate surface area is 106 Å². The molecule has 0 aliphatic heterocycles. The maximum atomic E-state index is 12.2. The van der Waals surface area contributed by atoms with E-state index in [4.69, 9.17) is 16.0 Å². The highest BCUT2D eigenvalue weighted by Gasteiger charge is 2.39. The van der Waals surface area contributed by atoms with Gasteiger partial charge in [0.25, 0.3) is 5.69 Å². The molecule has 0 saturated heterocycles. The van der Waals surface area contributed by atoms with Gasteiger partial charge < -0.3 is 14.8 Å². The van der Waals surface area contributed by atoms with Crippen LogP contribution in [0.2, 0.25) is 0 Å². The Balaban J connectivity index is 3.26. The van der Waals surface area contributed by atoms with Crippen LogP contribution in [-0.2, 0) is 4.79 Å². The van der Waals surface area contributed by atoms with Gasteiger partial charge in [0.05, 0.1) is 26.5 Å². The highest BCUT2D eigenvalue weighted by molar-refractivity contribution is 5.99. The number of alkyl halides is 3. The number of anilines is 1. The Morgan fingerprint density at radius 1 is 1.32 bits per heavy atom. The van der Waals surface area contributed by atoms with Crippen molar-refractivity contribution < 1.29 is 27.4 Å². The van der Waals surface area contributed by atoms with Crippen LogP contribution in [0.4, 0.5) is 24.5 Å². The number of halogens is 3. The first-order chi connectivity index (χ1) is 8.83. The van der Waals surface area contributed by atoms with E-state index in [1.165, 1.54) is 20.3 Å². The van der Waals surface area contributed by atoms with E-state index < -0.39 is 12.1 Å². The molecule has 8 heteroatoms. The largest absolute Gasteiger partial charge is 0.508 e. The molecule has 0 aliphatic rings. The van der Waals surface area contributed by atoms with Crippen molar-refractivity contribution in [1.82, 2.24) is 0 Å². The Bertz CT molecular complexity index is 535. The molecule has 0 unspecified atom stereocenters. The van der Waals surface area contributed by atoms with Gasteiger partial charge in [-0.15, -0.1) is 0 Å². The molecule has 0 radical (unpaired) electrons. The second kappa shape index (κ2) is 5.48. The summed E-state index contributed by atoms with van der Waals surface area (Å²) < 4.78 is 46.3. The summed E-state index contributed by atoms with van der Waals surface area (Å²) >= 11 is 0. The molecular formula is C11H9F3N2O3. The van der Waals surface area contributed by atoms with Gasteiger partial charge in [-0.2, -0.15) is 13.2 Å². The molecule has 1 aromatic rings. The highest BCUT2D eigenvalue weighted by atomic mass is 19.4. The number of carbonyl (C=O) groups is 1. The third-order valence-electron chi connectivity index (χ3n) is 2.12. The quantitative estimate of drug-likeness (QED) is 0.862. The number of methoxy groups -OCH3 is 2. The summed E-state index contributed by atoms with van der Waals surface area (Å²) in [6.45, 7) is 6.93. The highest BCUT2D eigenvalue weighted by Crippen LogP contribution is 2.40. The summed E-state index contributed by atoms with van der Waals surface area (Å²) in [7, 11) is 2.54. The number of benzene rings is 1. The van der Waals surface area contributed by atoms with Gasteiger partial charge >= 0.3 is 12.1 Å². The molecule has 0 aliphatic carbocycles. The maximum absolute atomic E-state index is 12.2. The number of rotatable bonds is 3. The van der Waals surface area contributed by atoms with Gasteiger partial charge in [0.2, 0.25) is 0 Å². The molecule has 5 nitrogen and oxygen atoms in total. The molecule has 0 aromatic heterocycles. The van der Waals surface area contributed by atoms with E-state index in [0.29, 0.717) is 0 Å². The van der Waals surface area contributed by atoms with Crippen molar-refractivity contribution in [3.63, 3.8) is 0 Å². The first-order valence-corrected chi connectivity index (χ1v) is 4.85. The van der Waals surface area contributed by atoms with Gasteiger partial charge in [-0.1, -0.05) is 0 Å². The Kier molecular flexibility index (Phi) is 4.22. The van der Waals surface area contributed by atoms with Gasteiger partial charge in [-0.25, -0.2) is 4.85 Å². The number of hydrogen-bond acceptors (Lipinski definition) is 3. The lowest BCUT2D eigenvalue weighted by atomic mass is 10.2. The summed E-state index contributed by atoms with van der Waals surface area (Å²) in [5.41, 5.74) is -0.561. The number of nitrogens with one attached hydrogen (secondary N) is 1. The zero-order valence-electron chi connectivity index (χ0n) is 9.96. The number of hydrogen-bond donors (Lipinski definition) is 1. The topological polar surface area (TPSA) is 51.9 Å². The molecule has 1 N–H and O–H groups in total. The molecule has 1 rings (SSSR count). The minimum atomic E-state index is -5.05. The Morgan fingerprint density at radius 3 is 2.37 bits per heavy atom. The molecule has 0 heterocycles. The smallest absolute Gasteiger partial charge is 0.471 e. The number of carbonyl (C=O) groups excluding carboxylic acids is 1. The lowest BCUT2D eigenvalue weighted by Crippen LogP contribution is -2.29. The van der Waals surface area contributed by atoms with Crippen LogP contribution >= 0.6 is 0 Å². The van der Waals surface area contributed by atoms with Crippen molar-refractivity contribution in [2.24, 2.45) is 0 Å². The summed E-state index contributed by atoms with van der Waals surface area (Å²) in [5, 5.41) is 1.61. The molecule has 0 saturated carbocycles. The van der Waals surface area contributed by atoms with Crippen LogP contribution in [0.1, 0.15) is 0 Å². The summed E-state index contributed by atoms with van der Waals surface area (Å²) in [5.74, 6) is -2.01. The average Bonchev–Trinajstić information content (AvgIpc) is 2.36. The predicted octanol–water partition coefficient (Wildman–Crippen LogP) is 2.76. The van der Waals surface area contributed by atoms with E-state index in [2.05, 4.69) is 4.85 Å².